The van der Waals surface area contributed by atoms with Crippen molar-refractivity contribution in [3.05, 3.63) is 35.9 Å². The molecule has 0 atom stereocenters. The maximum atomic E-state index is 2.25. The van der Waals surface area contributed by atoms with E-state index in [0.29, 0.717) is 0 Å². The quantitative estimate of drug-likeness (QED) is 0.596. The summed E-state index contributed by atoms with van der Waals surface area (Å²) in [6.45, 7) is 1.02. The Morgan fingerprint density at radius 3 is 2.43 bits per heavy atom. The third-order valence-electron chi connectivity index (χ3n) is 2.02. The third kappa shape index (κ3) is 3.39. The average Bonchev–Trinajstić information content (AvgIpc) is 2.06. The molecule has 1 aromatic carbocycles. The van der Waals surface area contributed by atoms with Crippen molar-refractivity contribution in [3.63, 3.8) is 0 Å². The van der Waals surface area contributed by atoms with Crippen LogP contribution in [0.3, 0.4) is 0 Å². The van der Waals surface area contributed by atoms with Crippen molar-refractivity contribution < 1.29 is 5.48 Å². The van der Waals surface area contributed by atoms with E-state index in [0.717, 1.165) is 6.54 Å². The van der Waals surface area contributed by atoms with E-state index in [1.54, 1.807) is 0 Å². The summed E-state index contributed by atoms with van der Waals surface area (Å²) in [5.74, 6) is 0. The van der Waals surface area contributed by atoms with Crippen LogP contribution in [0.2, 0.25) is 0 Å². The van der Waals surface area contributed by atoms with Crippen LogP contribution in [0.25, 0.3) is 6.08 Å². The van der Waals surface area contributed by atoms with E-state index in [4.69, 9.17) is 0 Å². The predicted molar refractivity (Wildman–Crippen MR) is 83.2 cm³/mol. The second-order valence-corrected chi connectivity index (χ2v) is 2.84. The molecule has 0 aromatic heterocycles. The molecule has 0 unspecified atom stereocenters. The summed E-state index contributed by atoms with van der Waals surface area (Å²) in [6, 6.07) is 8.44. The monoisotopic (exact) mass is 419 g/mol. The van der Waals surface area contributed by atoms with Gasteiger partial charge in [0, 0.05) is 19.3 Å². The van der Waals surface area contributed by atoms with Crippen molar-refractivity contribution in [1.29, 1.82) is 0 Å². The molecule has 1 heterocycles. The molecule has 1 aromatic rings. The Morgan fingerprint density at radius 1 is 1.14 bits per heavy atom. The zero-order chi connectivity index (χ0) is 7.68. The molecule has 2 rings (SSSR count). The molecule has 2 nitrogen and oxygen atoms in total. The summed E-state index contributed by atoms with van der Waals surface area (Å²) >= 11 is 0. The van der Waals surface area contributed by atoms with Gasteiger partial charge in [0.25, 0.3) is 0 Å². The molecule has 14 heavy (non-hydrogen) atoms. The number of nitrogens with zero attached hydrogens (tertiary/aromatic N) is 1. The Morgan fingerprint density at radius 2 is 1.79 bits per heavy atom. The molecule has 0 spiro atoms. The van der Waals surface area contributed by atoms with Gasteiger partial charge in [-0.05, 0) is 11.6 Å². The molecule has 4 heteroatoms. The molecule has 0 bridgehead atoms. The van der Waals surface area contributed by atoms with Gasteiger partial charge in [-0.1, -0.05) is 30.4 Å². The SMILES string of the molecule is CN1CC=Cc2ccccc21.I.I.O. The van der Waals surface area contributed by atoms with Crippen molar-refractivity contribution >= 4 is 59.7 Å². The number of halogens is 2. The lowest BCUT2D eigenvalue weighted by molar-refractivity contribution is 0.824. The summed E-state index contributed by atoms with van der Waals surface area (Å²) in [7, 11) is 2.11. The fourth-order valence-corrected chi connectivity index (χ4v) is 1.41. The highest BCUT2D eigenvalue weighted by molar-refractivity contribution is 14.0. The lowest BCUT2D eigenvalue weighted by atomic mass is 10.1. The van der Waals surface area contributed by atoms with E-state index in [1.807, 2.05) is 0 Å². The van der Waals surface area contributed by atoms with Gasteiger partial charge >= 0.3 is 0 Å². The highest BCUT2D eigenvalue weighted by Gasteiger charge is 2.06. The first kappa shape index (κ1) is 16.6. The van der Waals surface area contributed by atoms with E-state index >= 15 is 0 Å². The number of hydrogen-bond acceptors (Lipinski definition) is 1. The molecule has 0 saturated heterocycles. The van der Waals surface area contributed by atoms with Crippen molar-refractivity contribution in [3.8, 4) is 0 Å². The largest absolute Gasteiger partial charge is 0.412 e. The van der Waals surface area contributed by atoms with E-state index in [-0.39, 0.29) is 53.4 Å². The van der Waals surface area contributed by atoms with Crippen LogP contribution in [-0.4, -0.2) is 19.1 Å². The van der Waals surface area contributed by atoms with Crippen molar-refractivity contribution in [2.75, 3.05) is 18.5 Å². The van der Waals surface area contributed by atoms with Crippen molar-refractivity contribution in [2.24, 2.45) is 0 Å². The highest BCUT2D eigenvalue weighted by Crippen LogP contribution is 2.23. The first-order valence-electron chi connectivity index (χ1n) is 3.84. The van der Waals surface area contributed by atoms with E-state index in [9.17, 15) is 0 Å². The fourth-order valence-electron chi connectivity index (χ4n) is 1.41. The standard InChI is InChI=1S/C10H11N.2HI.H2O/c1-11-8-4-6-9-5-2-3-7-10(9)11;;;/h2-7H,8H2,1H3;2*1H;1H2. The summed E-state index contributed by atoms with van der Waals surface area (Å²) in [4.78, 5) is 2.25. The van der Waals surface area contributed by atoms with E-state index in [1.165, 1.54) is 11.3 Å². The molecular weight excluding hydrogens is 404 g/mol. The number of para-hydroxylation sites is 1. The molecule has 1 aliphatic heterocycles. The molecule has 0 aliphatic carbocycles. The Hall–Kier alpha value is 0.180. The van der Waals surface area contributed by atoms with Crippen LogP contribution in [0.15, 0.2) is 30.3 Å². The molecule has 0 radical (unpaired) electrons. The van der Waals surface area contributed by atoms with Gasteiger partial charge in [-0.15, -0.1) is 48.0 Å². The van der Waals surface area contributed by atoms with Crippen LogP contribution in [0.5, 0.6) is 0 Å². The summed E-state index contributed by atoms with van der Waals surface area (Å²) < 4.78 is 0. The first-order valence-corrected chi connectivity index (χ1v) is 3.84. The minimum Gasteiger partial charge on any atom is -0.412 e. The van der Waals surface area contributed by atoms with Gasteiger partial charge in [0.1, 0.15) is 0 Å². The average molecular weight is 419 g/mol. The van der Waals surface area contributed by atoms with Gasteiger partial charge in [-0.2, -0.15) is 0 Å². The van der Waals surface area contributed by atoms with Gasteiger partial charge < -0.3 is 10.4 Å². The molecule has 0 saturated carbocycles. The Kier molecular flexibility index (Phi) is 8.86. The van der Waals surface area contributed by atoms with Crippen molar-refractivity contribution in [1.82, 2.24) is 0 Å². The van der Waals surface area contributed by atoms with Gasteiger partial charge in [0.15, 0.2) is 0 Å². The van der Waals surface area contributed by atoms with Gasteiger partial charge in [-0.3, -0.25) is 0 Å². The highest BCUT2D eigenvalue weighted by atomic mass is 127. The predicted octanol–water partition coefficient (Wildman–Crippen LogP) is 2.56. The van der Waals surface area contributed by atoms with Crippen molar-refractivity contribution in [2.45, 2.75) is 0 Å². The first-order chi connectivity index (χ1) is 5.38. The normalized spacial score (nSPS) is 11.6. The summed E-state index contributed by atoms with van der Waals surface area (Å²) in [6.07, 6.45) is 4.36. The smallest absolute Gasteiger partial charge is 0.0439 e. The maximum Gasteiger partial charge on any atom is 0.0439 e. The summed E-state index contributed by atoms with van der Waals surface area (Å²) in [5, 5.41) is 0. The third-order valence-corrected chi connectivity index (χ3v) is 2.02. The van der Waals surface area contributed by atoms with Gasteiger partial charge in [0.05, 0.1) is 0 Å². The minimum atomic E-state index is 0. The number of likely N-dealkylation sites (N-methyl/N-ethyl adjacent to an activating group) is 1. The van der Waals surface area contributed by atoms with Crippen LogP contribution in [0.1, 0.15) is 5.56 Å². The molecule has 0 amide bonds. The Balaban J connectivity index is 0. The molecule has 2 N–H and O–H groups in total. The number of rotatable bonds is 0. The fraction of sp³-hybridized carbons (Fsp3) is 0.200. The van der Waals surface area contributed by atoms with Gasteiger partial charge in [0.2, 0.25) is 0 Å². The summed E-state index contributed by atoms with van der Waals surface area (Å²) in [5.41, 5.74) is 2.65. The van der Waals surface area contributed by atoms with Crippen LogP contribution < -0.4 is 4.90 Å². The van der Waals surface area contributed by atoms with Crippen LogP contribution >= 0.6 is 48.0 Å². The van der Waals surface area contributed by atoms with Crippen LogP contribution in [0, 0.1) is 0 Å². The lowest BCUT2D eigenvalue weighted by Crippen LogP contribution is -2.19. The molecular formula is C10H15I2NO. The van der Waals surface area contributed by atoms with Crippen LogP contribution in [-0.2, 0) is 0 Å². The topological polar surface area (TPSA) is 34.7 Å². The Labute approximate surface area is 119 Å². The Bertz CT molecular complexity index is 302. The lowest BCUT2D eigenvalue weighted by Gasteiger charge is -2.22. The van der Waals surface area contributed by atoms with Crippen LogP contribution in [0.4, 0.5) is 5.69 Å². The van der Waals surface area contributed by atoms with E-state index in [2.05, 4.69) is 48.4 Å². The molecule has 0 fully saturated rings. The second kappa shape index (κ2) is 7.47. The number of fused-ring (bicyclic) bond motifs is 1. The zero-order valence-electron chi connectivity index (χ0n) is 7.93. The minimum absolute atomic E-state index is 0. The zero-order valence-corrected chi connectivity index (χ0v) is 12.6. The number of anilines is 1. The van der Waals surface area contributed by atoms with E-state index < -0.39 is 0 Å². The number of benzene rings is 1. The molecule has 80 valence electrons. The molecule has 1 aliphatic rings. The number of hydrogen-bond donors (Lipinski definition) is 0. The van der Waals surface area contributed by atoms with Gasteiger partial charge in [-0.25, -0.2) is 0 Å². The maximum absolute atomic E-state index is 2.25. The second-order valence-electron chi connectivity index (χ2n) is 2.84.